The van der Waals surface area contributed by atoms with E-state index >= 15 is 0 Å². The smallest absolute Gasteiger partial charge is 0.128 e. The van der Waals surface area contributed by atoms with Crippen LogP contribution in [0.3, 0.4) is 0 Å². The van der Waals surface area contributed by atoms with Crippen LogP contribution in [0.4, 0.5) is 11.5 Å². The summed E-state index contributed by atoms with van der Waals surface area (Å²) >= 11 is 0. The number of hydrogen-bond donors (Lipinski definition) is 2. The molecule has 0 aromatic carbocycles. The van der Waals surface area contributed by atoms with Gasteiger partial charge < -0.3 is 16.0 Å². The Labute approximate surface area is 84.1 Å². The maximum absolute atomic E-state index is 5.60. The van der Waals surface area contributed by atoms with Crippen molar-refractivity contribution in [2.75, 3.05) is 30.3 Å². The van der Waals surface area contributed by atoms with Crippen molar-refractivity contribution in [3.05, 3.63) is 18.3 Å². The quantitative estimate of drug-likeness (QED) is 0.679. The first-order valence-electron chi connectivity index (χ1n) is 4.96. The molecule has 0 aliphatic carbocycles. The van der Waals surface area contributed by atoms with Gasteiger partial charge in [-0.25, -0.2) is 4.98 Å². The minimum Gasteiger partial charge on any atom is -0.397 e. The highest BCUT2D eigenvalue weighted by Gasteiger charge is 2.18. The van der Waals surface area contributed by atoms with Crippen molar-refractivity contribution in [1.82, 2.24) is 10.3 Å². The van der Waals surface area contributed by atoms with Gasteiger partial charge >= 0.3 is 0 Å². The van der Waals surface area contributed by atoms with Gasteiger partial charge in [-0.15, -0.1) is 0 Å². The lowest BCUT2D eigenvalue weighted by atomic mass is 10.2. The zero-order chi connectivity index (χ0) is 9.97. The molecule has 1 saturated heterocycles. The Morgan fingerprint density at radius 3 is 3.07 bits per heavy atom. The molecule has 14 heavy (non-hydrogen) atoms. The Balaban J connectivity index is 2.16. The average molecular weight is 192 g/mol. The summed E-state index contributed by atoms with van der Waals surface area (Å²) in [6, 6.07) is 4.38. The molecule has 2 rings (SSSR count). The van der Waals surface area contributed by atoms with Crippen LogP contribution < -0.4 is 16.0 Å². The van der Waals surface area contributed by atoms with Crippen molar-refractivity contribution in [3.8, 4) is 0 Å². The first-order chi connectivity index (χ1) is 6.77. The lowest BCUT2D eigenvalue weighted by Crippen LogP contribution is -2.50. The Morgan fingerprint density at radius 1 is 1.57 bits per heavy atom. The summed E-state index contributed by atoms with van der Waals surface area (Å²) in [5.74, 6) is 1.02. The van der Waals surface area contributed by atoms with E-state index in [1.54, 1.807) is 6.20 Å². The molecule has 0 spiro atoms. The van der Waals surface area contributed by atoms with E-state index in [-0.39, 0.29) is 0 Å². The van der Waals surface area contributed by atoms with Crippen LogP contribution >= 0.6 is 0 Å². The maximum Gasteiger partial charge on any atom is 0.128 e. The molecular weight excluding hydrogens is 176 g/mol. The van der Waals surface area contributed by atoms with Gasteiger partial charge in [0, 0.05) is 25.7 Å². The normalized spacial score (nSPS) is 22.4. The molecule has 1 aromatic rings. The highest BCUT2D eigenvalue weighted by molar-refractivity contribution is 5.46. The summed E-state index contributed by atoms with van der Waals surface area (Å²) in [7, 11) is 0. The predicted molar refractivity (Wildman–Crippen MR) is 58.3 cm³/mol. The maximum atomic E-state index is 5.60. The van der Waals surface area contributed by atoms with Crippen LogP contribution in [0.5, 0.6) is 0 Å². The van der Waals surface area contributed by atoms with Gasteiger partial charge in [-0.1, -0.05) is 0 Å². The van der Waals surface area contributed by atoms with Crippen LogP contribution in [-0.2, 0) is 0 Å². The van der Waals surface area contributed by atoms with Gasteiger partial charge in [0.1, 0.15) is 5.82 Å². The Hall–Kier alpha value is -1.29. The molecule has 4 nitrogen and oxygen atoms in total. The van der Waals surface area contributed by atoms with Crippen molar-refractivity contribution in [3.63, 3.8) is 0 Å². The van der Waals surface area contributed by atoms with E-state index < -0.39 is 0 Å². The largest absolute Gasteiger partial charge is 0.397 e. The number of rotatable bonds is 1. The fourth-order valence-corrected chi connectivity index (χ4v) is 1.75. The molecular formula is C10H16N4. The number of nitrogens with one attached hydrogen (secondary N) is 1. The van der Waals surface area contributed by atoms with Crippen molar-refractivity contribution in [1.29, 1.82) is 0 Å². The second-order valence-electron chi connectivity index (χ2n) is 3.70. The van der Waals surface area contributed by atoms with Crippen molar-refractivity contribution >= 4 is 11.5 Å². The first-order valence-corrected chi connectivity index (χ1v) is 4.96. The predicted octanol–water partition coefficient (Wildman–Crippen LogP) is 0.462. The van der Waals surface area contributed by atoms with Crippen LogP contribution in [-0.4, -0.2) is 30.7 Å². The molecule has 1 atom stereocenters. The van der Waals surface area contributed by atoms with Crippen LogP contribution in [0.15, 0.2) is 18.3 Å². The van der Waals surface area contributed by atoms with E-state index in [1.807, 2.05) is 12.1 Å². The molecule has 2 heterocycles. The number of pyridine rings is 1. The number of anilines is 2. The molecule has 4 heteroatoms. The fraction of sp³-hybridized carbons (Fsp3) is 0.500. The van der Waals surface area contributed by atoms with Gasteiger partial charge in [0.15, 0.2) is 0 Å². The van der Waals surface area contributed by atoms with E-state index in [2.05, 4.69) is 22.1 Å². The number of nitrogens with two attached hydrogens (primary N) is 1. The number of piperazine rings is 1. The lowest BCUT2D eigenvalue weighted by Gasteiger charge is -2.34. The molecule has 1 aliphatic rings. The van der Waals surface area contributed by atoms with Gasteiger partial charge in [0.05, 0.1) is 11.9 Å². The minimum absolute atomic E-state index is 0.500. The highest BCUT2D eigenvalue weighted by atomic mass is 15.3. The molecule has 1 aromatic heterocycles. The Bertz CT molecular complexity index is 295. The fourth-order valence-electron chi connectivity index (χ4n) is 1.75. The van der Waals surface area contributed by atoms with E-state index in [1.165, 1.54) is 0 Å². The molecule has 76 valence electrons. The first kappa shape index (κ1) is 9.27. The van der Waals surface area contributed by atoms with Crippen molar-refractivity contribution in [2.24, 2.45) is 0 Å². The van der Waals surface area contributed by atoms with E-state index in [4.69, 9.17) is 5.73 Å². The molecule has 0 saturated carbocycles. The van der Waals surface area contributed by atoms with Gasteiger partial charge in [0.2, 0.25) is 0 Å². The summed E-state index contributed by atoms with van der Waals surface area (Å²) in [5, 5.41) is 3.35. The third-order valence-corrected chi connectivity index (χ3v) is 2.57. The summed E-state index contributed by atoms with van der Waals surface area (Å²) in [5.41, 5.74) is 6.32. The van der Waals surface area contributed by atoms with Crippen LogP contribution in [0.1, 0.15) is 6.92 Å². The van der Waals surface area contributed by atoms with E-state index in [9.17, 15) is 0 Å². The van der Waals surface area contributed by atoms with Gasteiger partial charge in [0.25, 0.3) is 0 Å². The molecule has 1 unspecified atom stereocenters. The summed E-state index contributed by atoms with van der Waals surface area (Å²) in [6.45, 7) is 5.25. The van der Waals surface area contributed by atoms with E-state index in [0.717, 1.165) is 31.1 Å². The van der Waals surface area contributed by atoms with Gasteiger partial charge in [-0.2, -0.15) is 0 Å². The summed E-state index contributed by atoms with van der Waals surface area (Å²) in [6.07, 6.45) is 1.71. The number of aromatic nitrogens is 1. The minimum atomic E-state index is 0.500. The molecule has 1 fully saturated rings. The third kappa shape index (κ3) is 1.80. The van der Waals surface area contributed by atoms with Crippen molar-refractivity contribution in [2.45, 2.75) is 13.0 Å². The van der Waals surface area contributed by atoms with Crippen molar-refractivity contribution < 1.29 is 0 Å². The highest BCUT2D eigenvalue weighted by Crippen LogP contribution is 2.15. The number of nitrogens with zero attached hydrogens (tertiary/aromatic N) is 2. The molecule has 0 radical (unpaired) electrons. The molecule has 0 bridgehead atoms. The van der Waals surface area contributed by atoms with Crippen LogP contribution in [0.2, 0.25) is 0 Å². The monoisotopic (exact) mass is 192 g/mol. The van der Waals surface area contributed by atoms with Crippen LogP contribution in [0.25, 0.3) is 0 Å². The second kappa shape index (κ2) is 3.84. The average Bonchev–Trinajstić information content (AvgIpc) is 2.20. The molecule has 1 aliphatic heterocycles. The summed E-state index contributed by atoms with van der Waals surface area (Å²) in [4.78, 5) is 6.63. The zero-order valence-corrected chi connectivity index (χ0v) is 8.40. The topological polar surface area (TPSA) is 54.2 Å². The number of hydrogen-bond acceptors (Lipinski definition) is 4. The zero-order valence-electron chi connectivity index (χ0n) is 8.40. The lowest BCUT2D eigenvalue weighted by molar-refractivity contribution is 0.497. The summed E-state index contributed by atoms with van der Waals surface area (Å²) < 4.78 is 0. The standard InChI is InChI=1S/C10H16N4/c1-8-6-12-4-5-14(8)10-3-2-9(11)7-13-10/h2-3,7-8,12H,4-6,11H2,1H3. The van der Waals surface area contributed by atoms with E-state index in [0.29, 0.717) is 6.04 Å². The Morgan fingerprint density at radius 2 is 2.43 bits per heavy atom. The second-order valence-corrected chi connectivity index (χ2v) is 3.70. The van der Waals surface area contributed by atoms with Gasteiger partial charge in [-0.3, -0.25) is 0 Å². The third-order valence-electron chi connectivity index (χ3n) is 2.57. The Kier molecular flexibility index (Phi) is 2.54. The van der Waals surface area contributed by atoms with Gasteiger partial charge in [-0.05, 0) is 19.1 Å². The SMILES string of the molecule is CC1CNCCN1c1ccc(N)cn1. The van der Waals surface area contributed by atoms with Crippen LogP contribution in [0, 0.1) is 0 Å². The molecule has 3 N–H and O–H groups in total. The number of nitrogen functional groups attached to an aromatic ring is 1. The molecule has 0 amide bonds.